The molecule has 0 aliphatic carbocycles. The summed E-state index contributed by atoms with van der Waals surface area (Å²) in [5, 5.41) is 1.40. The fourth-order valence-corrected chi connectivity index (χ4v) is 4.37. The van der Waals surface area contributed by atoms with Crippen molar-refractivity contribution in [1.82, 2.24) is 14.7 Å². The van der Waals surface area contributed by atoms with E-state index in [-0.39, 0.29) is 10.5 Å². The van der Waals surface area contributed by atoms with Crippen molar-refractivity contribution in [3.05, 3.63) is 77.3 Å². The van der Waals surface area contributed by atoms with Gasteiger partial charge in [-0.15, -0.1) is 0 Å². The second kappa shape index (κ2) is 7.74. The minimum Gasteiger partial charge on any atom is -0.383 e. The van der Waals surface area contributed by atoms with E-state index in [2.05, 4.69) is 14.7 Å². The molecule has 2 aromatic heterocycles. The molecule has 0 amide bonds. The number of H-pyrrole nitrogens is 1. The molecule has 4 rings (SSSR count). The van der Waals surface area contributed by atoms with Crippen molar-refractivity contribution in [2.24, 2.45) is 0 Å². The Morgan fingerprint density at radius 1 is 1.00 bits per heavy atom. The minimum atomic E-state index is -3.51. The van der Waals surface area contributed by atoms with E-state index in [4.69, 9.17) is 5.73 Å². The van der Waals surface area contributed by atoms with Gasteiger partial charge in [-0.1, -0.05) is 25.1 Å². The smallest absolute Gasteiger partial charge is 0.255 e. The van der Waals surface area contributed by atoms with Crippen LogP contribution in [0.1, 0.15) is 6.92 Å². The van der Waals surface area contributed by atoms with Crippen LogP contribution in [0.25, 0.3) is 33.0 Å². The number of nitrogen functional groups attached to an aromatic ring is 1. The van der Waals surface area contributed by atoms with Gasteiger partial charge in [0.2, 0.25) is 10.0 Å². The summed E-state index contributed by atoms with van der Waals surface area (Å²) >= 11 is 0. The van der Waals surface area contributed by atoms with E-state index in [1.165, 1.54) is 0 Å². The van der Waals surface area contributed by atoms with Gasteiger partial charge in [-0.3, -0.25) is 4.79 Å². The van der Waals surface area contributed by atoms with Crippen LogP contribution >= 0.6 is 0 Å². The predicted molar refractivity (Wildman–Crippen MR) is 119 cm³/mol. The molecule has 0 atom stereocenters. The summed E-state index contributed by atoms with van der Waals surface area (Å²) in [6.07, 6.45) is 3.26. The topological polar surface area (TPSA) is 118 Å². The van der Waals surface area contributed by atoms with Crippen LogP contribution in [-0.2, 0) is 10.0 Å². The van der Waals surface area contributed by atoms with Crippen LogP contribution in [0.2, 0.25) is 0 Å². The number of nitrogens with two attached hydrogens (primary N) is 1. The third-order valence-corrected chi connectivity index (χ3v) is 6.40. The van der Waals surface area contributed by atoms with Gasteiger partial charge in [0.1, 0.15) is 5.82 Å². The quantitative estimate of drug-likeness (QED) is 0.458. The van der Waals surface area contributed by atoms with Crippen molar-refractivity contribution < 1.29 is 8.42 Å². The van der Waals surface area contributed by atoms with Gasteiger partial charge in [0.05, 0.1) is 4.90 Å². The zero-order valence-electron chi connectivity index (χ0n) is 16.2. The van der Waals surface area contributed by atoms with E-state index < -0.39 is 10.0 Å². The first kappa shape index (κ1) is 19.8. The summed E-state index contributed by atoms with van der Waals surface area (Å²) in [4.78, 5) is 19.1. The number of hydrogen-bond donors (Lipinski definition) is 3. The highest BCUT2D eigenvalue weighted by atomic mass is 32.2. The summed E-state index contributed by atoms with van der Waals surface area (Å²) in [5.41, 5.74) is 9.17. The van der Waals surface area contributed by atoms with Crippen molar-refractivity contribution in [2.75, 3.05) is 12.3 Å². The summed E-state index contributed by atoms with van der Waals surface area (Å²) in [6, 6.07) is 15.8. The Labute approximate surface area is 173 Å². The highest BCUT2D eigenvalue weighted by Gasteiger charge is 2.13. The zero-order valence-corrected chi connectivity index (χ0v) is 17.0. The van der Waals surface area contributed by atoms with Crippen LogP contribution in [0, 0.1) is 0 Å². The lowest BCUT2D eigenvalue weighted by molar-refractivity contribution is 0.584. The Bertz CT molecular complexity index is 1390. The van der Waals surface area contributed by atoms with Crippen LogP contribution < -0.4 is 16.0 Å². The van der Waals surface area contributed by atoms with E-state index in [0.29, 0.717) is 17.7 Å². The van der Waals surface area contributed by atoms with Gasteiger partial charge in [0.15, 0.2) is 0 Å². The molecule has 4 N–H and O–H groups in total. The number of aromatic amines is 1. The molecular formula is C22H20N4O3S. The fourth-order valence-electron chi connectivity index (χ4n) is 3.32. The van der Waals surface area contributed by atoms with Gasteiger partial charge in [-0.05, 0) is 52.9 Å². The second-order valence-electron chi connectivity index (χ2n) is 6.79. The average molecular weight is 420 g/mol. The van der Waals surface area contributed by atoms with Crippen LogP contribution in [0.5, 0.6) is 0 Å². The van der Waals surface area contributed by atoms with E-state index in [0.717, 1.165) is 27.6 Å². The molecular weight excluding hydrogens is 400 g/mol. The van der Waals surface area contributed by atoms with Gasteiger partial charge < -0.3 is 10.7 Å². The molecule has 0 fully saturated rings. The molecule has 0 aliphatic heterocycles. The molecule has 0 radical (unpaired) electrons. The zero-order chi connectivity index (χ0) is 21.3. The molecule has 0 saturated carbocycles. The normalized spacial score (nSPS) is 11.6. The Kier molecular flexibility index (Phi) is 5.11. The number of nitrogens with one attached hydrogen (secondary N) is 2. The summed E-state index contributed by atoms with van der Waals surface area (Å²) in [7, 11) is -3.51. The molecule has 4 aromatic rings. The molecule has 152 valence electrons. The molecule has 0 bridgehead atoms. The van der Waals surface area contributed by atoms with Crippen LogP contribution in [0.4, 0.5) is 5.82 Å². The number of anilines is 1. The lowest BCUT2D eigenvalue weighted by Gasteiger charge is -2.10. The van der Waals surface area contributed by atoms with Crippen molar-refractivity contribution >= 4 is 26.6 Å². The number of hydrogen-bond acceptors (Lipinski definition) is 5. The van der Waals surface area contributed by atoms with E-state index in [1.54, 1.807) is 49.6 Å². The standard InChI is InChI=1S/C22H20N4O3S/c1-2-26-30(28,29)18-6-3-14(4-7-18)17-12-20(21(23)25-13-17)15-5-8-19-16(11-15)9-10-24-22(19)27/h3-13,26H,2H2,1H3,(H2,23,25)(H,24,27). The van der Waals surface area contributed by atoms with Crippen molar-refractivity contribution in [1.29, 1.82) is 0 Å². The molecule has 0 spiro atoms. The van der Waals surface area contributed by atoms with Crippen LogP contribution in [-0.4, -0.2) is 24.9 Å². The SMILES string of the molecule is CCNS(=O)(=O)c1ccc(-c2cnc(N)c(-c3ccc4c(=O)[nH]ccc4c3)c2)cc1. The fraction of sp³-hybridized carbons (Fsp3) is 0.0909. The van der Waals surface area contributed by atoms with Crippen molar-refractivity contribution in [3.63, 3.8) is 0 Å². The Hall–Kier alpha value is -3.49. The maximum Gasteiger partial charge on any atom is 0.255 e. The molecule has 0 aliphatic rings. The molecule has 0 saturated heterocycles. The first-order chi connectivity index (χ1) is 14.4. The van der Waals surface area contributed by atoms with Crippen LogP contribution in [0.15, 0.2) is 76.7 Å². The Morgan fingerprint density at radius 2 is 1.73 bits per heavy atom. The van der Waals surface area contributed by atoms with Crippen molar-refractivity contribution in [3.8, 4) is 22.3 Å². The van der Waals surface area contributed by atoms with Gasteiger partial charge in [-0.2, -0.15) is 0 Å². The molecule has 0 unspecified atom stereocenters. The number of aromatic nitrogens is 2. The highest BCUT2D eigenvalue weighted by molar-refractivity contribution is 7.89. The highest BCUT2D eigenvalue weighted by Crippen LogP contribution is 2.31. The van der Waals surface area contributed by atoms with Crippen molar-refractivity contribution in [2.45, 2.75) is 11.8 Å². The van der Waals surface area contributed by atoms with Gasteiger partial charge >= 0.3 is 0 Å². The summed E-state index contributed by atoms with van der Waals surface area (Å²) in [6.45, 7) is 2.06. The first-order valence-corrected chi connectivity index (χ1v) is 10.8. The number of benzene rings is 2. The molecule has 2 heterocycles. The average Bonchev–Trinajstić information content (AvgIpc) is 2.74. The lowest BCUT2D eigenvalue weighted by Crippen LogP contribution is -2.22. The van der Waals surface area contributed by atoms with E-state index in [1.807, 2.05) is 24.3 Å². The number of fused-ring (bicyclic) bond motifs is 1. The largest absolute Gasteiger partial charge is 0.383 e. The van der Waals surface area contributed by atoms with E-state index >= 15 is 0 Å². The third-order valence-electron chi connectivity index (χ3n) is 4.84. The predicted octanol–water partition coefficient (Wildman–Crippen LogP) is 3.14. The van der Waals surface area contributed by atoms with Gasteiger partial charge in [-0.25, -0.2) is 18.1 Å². The molecule has 30 heavy (non-hydrogen) atoms. The maximum atomic E-state index is 12.1. The van der Waals surface area contributed by atoms with Gasteiger partial charge in [0, 0.05) is 35.5 Å². The summed E-state index contributed by atoms with van der Waals surface area (Å²) < 4.78 is 26.7. The second-order valence-corrected chi connectivity index (χ2v) is 8.56. The first-order valence-electron chi connectivity index (χ1n) is 9.36. The number of sulfonamides is 1. The van der Waals surface area contributed by atoms with E-state index in [9.17, 15) is 13.2 Å². The number of nitrogens with zero attached hydrogens (tertiary/aromatic N) is 1. The Morgan fingerprint density at radius 3 is 2.47 bits per heavy atom. The lowest BCUT2D eigenvalue weighted by atomic mass is 9.99. The van der Waals surface area contributed by atoms with Gasteiger partial charge in [0.25, 0.3) is 5.56 Å². The molecule has 7 nitrogen and oxygen atoms in total. The maximum absolute atomic E-state index is 12.1. The van der Waals surface area contributed by atoms with Crippen LogP contribution in [0.3, 0.4) is 0 Å². The number of rotatable bonds is 5. The molecule has 8 heteroatoms. The monoisotopic (exact) mass is 420 g/mol. The molecule has 2 aromatic carbocycles. The Balaban J connectivity index is 1.75. The minimum absolute atomic E-state index is 0.147. The summed E-state index contributed by atoms with van der Waals surface area (Å²) in [5.74, 6) is 0.370. The third kappa shape index (κ3) is 3.70. The number of pyridine rings is 2.